The predicted molar refractivity (Wildman–Crippen MR) is 110 cm³/mol. The summed E-state index contributed by atoms with van der Waals surface area (Å²) in [6, 6.07) is 27.4. The van der Waals surface area contributed by atoms with E-state index in [0.29, 0.717) is 5.82 Å². The van der Waals surface area contributed by atoms with Crippen LogP contribution in [0.1, 0.15) is 22.6 Å². The van der Waals surface area contributed by atoms with Gasteiger partial charge in [-0.25, -0.2) is 0 Å². The summed E-state index contributed by atoms with van der Waals surface area (Å²) >= 11 is 0. The number of benzene rings is 3. The van der Waals surface area contributed by atoms with Crippen molar-refractivity contribution in [2.24, 2.45) is 0 Å². The SMILES string of the molecule is Cc1ccc(-c2nc(NC(=O)C(c3ccccc3)c3ccccc3)n[nH]2)cc1. The summed E-state index contributed by atoms with van der Waals surface area (Å²) < 4.78 is 0. The lowest BCUT2D eigenvalue weighted by Crippen LogP contribution is -2.22. The molecule has 2 N–H and O–H groups in total. The highest BCUT2D eigenvalue weighted by Crippen LogP contribution is 2.26. The van der Waals surface area contributed by atoms with Crippen molar-refractivity contribution in [3.05, 3.63) is 102 Å². The van der Waals surface area contributed by atoms with Crippen molar-refractivity contribution >= 4 is 11.9 Å². The molecular weight excluding hydrogens is 348 g/mol. The van der Waals surface area contributed by atoms with Gasteiger partial charge in [0.15, 0.2) is 5.82 Å². The van der Waals surface area contributed by atoms with E-state index in [2.05, 4.69) is 20.5 Å². The summed E-state index contributed by atoms with van der Waals surface area (Å²) in [5.74, 6) is 0.263. The quantitative estimate of drug-likeness (QED) is 0.543. The van der Waals surface area contributed by atoms with Gasteiger partial charge in [-0.2, -0.15) is 4.98 Å². The third-order valence-corrected chi connectivity index (χ3v) is 4.57. The smallest absolute Gasteiger partial charge is 0.249 e. The molecule has 0 saturated carbocycles. The van der Waals surface area contributed by atoms with Gasteiger partial charge in [0.1, 0.15) is 0 Å². The molecule has 0 fully saturated rings. The third-order valence-electron chi connectivity index (χ3n) is 4.57. The fraction of sp³-hybridized carbons (Fsp3) is 0.0870. The Balaban J connectivity index is 1.59. The lowest BCUT2D eigenvalue weighted by molar-refractivity contribution is -0.116. The van der Waals surface area contributed by atoms with Gasteiger partial charge >= 0.3 is 0 Å². The summed E-state index contributed by atoms with van der Waals surface area (Å²) in [6.07, 6.45) is 0. The number of carbonyl (C=O) groups excluding carboxylic acids is 1. The van der Waals surface area contributed by atoms with E-state index in [0.717, 1.165) is 16.7 Å². The van der Waals surface area contributed by atoms with E-state index in [9.17, 15) is 4.79 Å². The zero-order valence-electron chi connectivity index (χ0n) is 15.5. The fourth-order valence-corrected chi connectivity index (χ4v) is 3.13. The Morgan fingerprint density at radius 3 is 2.00 bits per heavy atom. The van der Waals surface area contributed by atoms with Crippen molar-refractivity contribution in [2.75, 3.05) is 5.32 Å². The molecule has 0 atom stereocenters. The monoisotopic (exact) mass is 368 g/mol. The highest BCUT2D eigenvalue weighted by Gasteiger charge is 2.23. The summed E-state index contributed by atoms with van der Waals surface area (Å²) in [4.78, 5) is 17.5. The molecule has 5 heteroatoms. The molecule has 1 aromatic heterocycles. The van der Waals surface area contributed by atoms with Crippen LogP contribution in [-0.4, -0.2) is 21.1 Å². The Labute approximate surface area is 163 Å². The van der Waals surface area contributed by atoms with Crippen LogP contribution in [0.15, 0.2) is 84.9 Å². The van der Waals surface area contributed by atoms with Crippen molar-refractivity contribution in [3.8, 4) is 11.4 Å². The van der Waals surface area contributed by atoms with Gasteiger partial charge in [-0.3, -0.25) is 15.2 Å². The molecule has 0 saturated heterocycles. The van der Waals surface area contributed by atoms with Gasteiger partial charge < -0.3 is 0 Å². The number of anilines is 1. The van der Waals surface area contributed by atoms with Gasteiger partial charge in [0.2, 0.25) is 11.9 Å². The number of amides is 1. The maximum Gasteiger partial charge on any atom is 0.249 e. The van der Waals surface area contributed by atoms with Gasteiger partial charge in [-0.15, -0.1) is 5.10 Å². The topological polar surface area (TPSA) is 70.7 Å². The van der Waals surface area contributed by atoms with Crippen molar-refractivity contribution in [1.29, 1.82) is 0 Å². The van der Waals surface area contributed by atoms with Crippen LogP contribution in [0.4, 0.5) is 5.95 Å². The second-order valence-electron chi connectivity index (χ2n) is 6.62. The molecule has 3 aromatic carbocycles. The molecule has 0 aliphatic rings. The second-order valence-corrected chi connectivity index (χ2v) is 6.62. The van der Waals surface area contributed by atoms with Crippen LogP contribution in [-0.2, 0) is 4.79 Å². The molecule has 0 aliphatic carbocycles. The Morgan fingerprint density at radius 1 is 0.857 bits per heavy atom. The Morgan fingerprint density at radius 2 is 1.43 bits per heavy atom. The van der Waals surface area contributed by atoms with E-state index in [-0.39, 0.29) is 11.9 Å². The number of nitrogens with zero attached hydrogens (tertiary/aromatic N) is 2. The highest BCUT2D eigenvalue weighted by molar-refractivity contribution is 5.97. The molecule has 4 aromatic rings. The average molecular weight is 368 g/mol. The van der Waals surface area contributed by atoms with Crippen LogP contribution >= 0.6 is 0 Å². The van der Waals surface area contributed by atoms with E-state index in [1.54, 1.807) is 0 Å². The second kappa shape index (κ2) is 7.88. The maximum absolute atomic E-state index is 13.1. The minimum atomic E-state index is -0.441. The Bertz CT molecular complexity index is 1020. The predicted octanol–water partition coefficient (Wildman–Crippen LogP) is 4.55. The molecule has 0 spiro atoms. The standard InChI is InChI=1S/C23H20N4O/c1-16-12-14-19(15-13-16)21-24-23(27-26-21)25-22(28)20(17-8-4-2-5-9-17)18-10-6-3-7-11-18/h2-15,20H,1H3,(H2,24,25,26,27,28). The van der Waals surface area contributed by atoms with Crippen LogP contribution in [0.3, 0.4) is 0 Å². The molecule has 0 radical (unpaired) electrons. The summed E-state index contributed by atoms with van der Waals surface area (Å²) in [5.41, 5.74) is 3.92. The van der Waals surface area contributed by atoms with Crippen LogP contribution in [0, 0.1) is 6.92 Å². The number of aryl methyl sites for hydroxylation is 1. The first kappa shape index (κ1) is 17.7. The maximum atomic E-state index is 13.1. The summed E-state index contributed by atoms with van der Waals surface area (Å²) in [7, 11) is 0. The number of aromatic nitrogens is 3. The van der Waals surface area contributed by atoms with Crippen molar-refractivity contribution in [2.45, 2.75) is 12.8 Å². The van der Waals surface area contributed by atoms with E-state index in [1.807, 2.05) is 91.9 Å². The molecule has 5 nitrogen and oxygen atoms in total. The first-order chi connectivity index (χ1) is 13.7. The Kier molecular flexibility index (Phi) is 4.97. The molecule has 1 amide bonds. The number of carbonyl (C=O) groups is 1. The molecule has 0 unspecified atom stereocenters. The van der Waals surface area contributed by atoms with E-state index in [4.69, 9.17) is 0 Å². The average Bonchev–Trinajstić information content (AvgIpc) is 3.19. The number of hydrogen-bond acceptors (Lipinski definition) is 3. The van der Waals surface area contributed by atoms with Crippen molar-refractivity contribution < 1.29 is 4.79 Å². The van der Waals surface area contributed by atoms with Gasteiger partial charge in [0, 0.05) is 5.56 Å². The third kappa shape index (κ3) is 3.83. The zero-order valence-corrected chi connectivity index (χ0v) is 15.5. The van der Waals surface area contributed by atoms with E-state index in [1.165, 1.54) is 5.56 Å². The van der Waals surface area contributed by atoms with Gasteiger partial charge in [0.05, 0.1) is 5.92 Å². The van der Waals surface area contributed by atoms with Gasteiger partial charge in [-0.1, -0.05) is 90.5 Å². The van der Waals surface area contributed by atoms with Crippen LogP contribution < -0.4 is 5.32 Å². The van der Waals surface area contributed by atoms with E-state index >= 15 is 0 Å². The zero-order chi connectivity index (χ0) is 19.3. The number of rotatable bonds is 5. The number of H-pyrrole nitrogens is 1. The molecule has 0 bridgehead atoms. The number of aromatic amines is 1. The highest BCUT2D eigenvalue weighted by atomic mass is 16.2. The molecule has 4 rings (SSSR count). The van der Waals surface area contributed by atoms with Crippen LogP contribution in [0.5, 0.6) is 0 Å². The Hall–Kier alpha value is -3.73. The van der Waals surface area contributed by atoms with Gasteiger partial charge in [0.25, 0.3) is 0 Å². The lowest BCUT2D eigenvalue weighted by Gasteiger charge is -2.16. The minimum absolute atomic E-state index is 0.174. The van der Waals surface area contributed by atoms with Gasteiger partial charge in [-0.05, 0) is 18.1 Å². The normalized spacial score (nSPS) is 10.8. The largest absolute Gasteiger partial charge is 0.292 e. The summed E-state index contributed by atoms with van der Waals surface area (Å²) in [5, 5.41) is 9.89. The van der Waals surface area contributed by atoms with Crippen molar-refractivity contribution in [1.82, 2.24) is 15.2 Å². The summed E-state index contributed by atoms with van der Waals surface area (Å²) in [6.45, 7) is 2.03. The first-order valence-corrected chi connectivity index (χ1v) is 9.11. The lowest BCUT2D eigenvalue weighted by atomic mass is 9.90. The van der Waals surface area contributed by atoms with Crippen molar-refractivity contribution in [3.63, 3.8) is 0 Å². The van der Waals surface area contributed by atoms with E-state index < -0.39 is 5.92 Å². The molecule has 138 valence electrons. The number of nitrogens with one attached hydrogen (secondary N) is 2. The van der Waals surface area contributed by atoms with Crippen LogP contribution in [0.25, 0.3) is 11.4 Å². The molecule has 1 heterocycles. The minimum Gasteiger partial charge on any atom is -0.292 e. The first-order valence-electron chi connectivity index (χ1n) is 9.11. The number of hydrogen-bond donors (Lipinski definition) is 2. The van der Waals surface area contributed by atoms with Crippen LogP contribution in [0.2, 0.25) is 0 Å². The molecule has 28 heavy (non-hydrogen) atoms. The fourth-order valence-electron chi connectivity index (χ4n) is 3.13. The molecule has 0 aliphatic heterocycles. The molecular formula is C23H20N4O.